The molecule has 1 aliphatic rings. The Morgan fingerprint density at radius 2 is 2.17 bits per heavy atom. The smallest absolute Gasteiger partial charge is 0.408 e. The van der Waals surface area contributed by atoms with E-state index in [2.05, 4.69) is 21.4 Å². The molecule has 0 unspecified atom stereocenters. The number of aryl methyl sites for hydroxylation is 1. The molecule has 1 fully saturated rings. The number of nitrogens with one attached hydrogen (secondary N) is 2. The van der Waals surface area contributed by atoms with E-state index in [9.17, 15) is 9.59 Å². The summed E-state index contributed by atoms with van der Waals surface area (Å²) < 4.78 is 5.19. The van der Waals surface area contributed by atoms with Gasteiger partial charge in [-0.1, -0.05) is 0 Å². The highest BCUT2D eigenvalue weighted by atomic mass is 16.4. The van der Waals surface area contributed by atoms with Crippen LogP contribution in [0.15, 0.2) is 45.7 Å². The molecular weight excluding hydrogens is 382 g/mol. The fourth-order valence-corrected chi connectivity index (χ4v) is 3.77. The highest BCUT2D eigenvalue weighted by Crippen LogP contribution is 2.39. The van der Waals surface area contributed by atoms with Crippen LogP contribution in [-0.2, 0) is 4.79 Å². The molecule has 2 aromatic carbocycles. The number of benzene rings is 2. The number of aromatic nitrogens is 2. The number of oxazole rings is 1. The number of nitrogens with zero attached hydrogens (tertiary/aromatic N) is 2. The first-order valence-corrected chi connectivity index (χ1v) is 9.46. The largest absolute Gasteiger partial charge is 0.417 e. The number of pyridine rings is 1. The van der Waals surface area contributed by atoms with Gasteiger partial charge in [-0.15, -0.1) is 0 Å². The summed E-state index contributed by atoms with van der Waals surface area (Å²) in [7, 11) is 0. The number of nitriles is 1. The van der Waals surface area contributed by atoms with Crippen molar-refractivity contribution in [2.45, 2.75) is 13.3 Å². The van der Waals surface area contributed by atoms with E-state index < -0.39 is 5.76 Å². The first-order valence-electron chi connectivity index (χ1n) is 9.46. The predicted molar refractivity (Wildman–Crippen MR) is 113 cm³/mol. The number of H-pyrrole nitrogens is 1. The normalized spacial score (nSPS) is 17.7. The quantitative estimate of drug-likeness (QED) is 0.452. The molecule has 4 aromatic rings. The number of rotatable bonds is 3. The molecule has 2 atom stereocenters. The summed E-state index contributed by atoms with van der Waals surface area (Å²) in [6, 6.07) is 11.3. The fourth-order valence-electron chi connectivity index (χ4n) is 3.77. The van der Waals surface area contributed by atoms with Crippen molar-refractivity contribution < 1.29 is 9.21 Å². The third-order valence-electron chi connectivity index (χ3n) is 5.49. The lowest BCUT2D eigenvalue weighted by molar-refractivity contribution is -0.117. The molecule has 1 saturated carbocycles. The van der Waals surface area contributed by atoms with E-state index in [1.807, 2.05) is 31.2 Å². The van der Waals surface area contributed by atoms with E-state index in [4.69, 9.17) is 15.4 Å². The Hall–Kier alpha value is -4.12. The first kappa shape index (κ1) is 17.9. The SMILES string of the molecule is Cc1cc2[nH]c(=O)oc2cc1-c1cc(N)c2cnc(NC(=O)[C@H]3C[C@@H]3C#N)cc2c1. The maximum atomic E-state index is 12.2. The molecule has 0 spiro atoms. The summed E-state index contributed by atoms with van der Waals surface area (Å²) in [6.07, 6.45) is 2.21. The maximum absolute atomic E-state index is 12.2. The molecular formula is C22H17N5O3. The lowest BCUT2D eigenvalue weighted by Crippen LogP contribution is -2.15. The Morgan fingerprint density at radius 1 is 1.33 bits per heavy atom. The van der Waals surface area contributed by atoms with Crippen molar-refractivity contribution in [1.29, 1.82) is 5.26 Å². The predicted octanol–water partition coefficient (Wildman–Crippen LogP) is 3.33. The minimum Gasteiger partial charge on any atom is -0.408 e. The Labute approximate surface area is 170 Å². The third-order valence-corrected chi connectivity index (χ3v) is 5.49. The van der Waals surface area contributed by atoms with E-state index in [1.165, 1.54) is 0 Å². The summed E-state index contributed by atoms with van der Waals surface area (Å²) in [4.78, 5) is 30.7. The second-order valence-electron chi connectivity index (χ2n) is 7.60. The highest BCUT2D eigenvalue weighted by molar-refractivity contribution is 6.00. The Kier molecular flexibility index (Phi) is 3.86. The highest BCUT2D eigenvalue weighted by Gasteiger charge is 2.43. The summed E-state index contributed by atoms with van der Waals surface area (Å²) in [5.74, 6) is -0.758. The topological polar surface area (TPSA) is 138 Å². The van der Waals surface area contributed by atoms with Crippen molar-refractivity contribution in [3.63, 3.8) is 0 Å². The van der Waals surface area contributed by atoms with Crippen LogP contribution in [0, 0.1) is 30.1 Å². The van der Waals surface area contributed by atoms with Crippen LogP contribution in [-0.4, -0.2) is 15.9 Å². The number of anilines is 2. The lowest BCUT2D eigenvalue weighted by atomic mass is 9.97. The summed E-state index contributed by atoms with van der Waals surface area (Å²) in [5.41, 5.74) is 10.6. The molecule has 0 aliphatic heterocycles. The van der Waals surface area contributed by atoms with Gasteiger partial charge in [0.05, 0.1) is 23.4 Å². The molecule has 148 valence electrons. The molecule has 4 N–H and O–H groups in total. The number of amides is 1. The van der Waals surface area contributed by atoms with Crippen LogP contribution in [0.3, 0.4) is 0 Å². The van der Waals surface area contributed by atoms with Gasteiger partial charge in [-0.3, -0.25) is 9.78 Å². The van der Waals surface area contributed by atoms with E-state index >= 15 is 0 Å². The second kappa shape index (κ2) is 6.46. The molecule has 2 aromatic heterocycles. The number of aromatic amines is 1. The summed E-state index contributed by atoms with van der Waals surface area (Å²) in [6.45, 7) is 1.94. The minimum atomic E-state index is -0.500. The first-order chi connectivity index (χ1) is 14.4. The number of nitrogen functional groups attached to an aromatic ring is 1. The average molecular weight is 399 g/mol. The lowest BCUT2D eigenvalue weighted by Gasteiger charge is -2.11. The molecule has 8 nitrogen and oxygen atoms in total. The van der Waals surface area contributed by atoms with E-state index in [0.717, 1.165) is 27.5 Å². The molecule has 30 heavy (non-hydrogen) atoms. The number of fused-ring (bicyclic) bond motifs is 2. The van der Waals surface area contributed by atoms with E-state index in [1.54, 1.807) is 12.3 Å². The van der Waals surface area contributed by atoms with Gasteiger partial charge in [-0.25, -0.2) is 9.78 Å². The van der Waals surface area contributed by atoms with Crippen molar-refractivity contribution >= 4 is 39.3 Å². The summed E-state index contributed by atoms with van der Waals surface area (Å²) >= 11 is 0. The zero-order valence-electron chi connectivity index (χ0n) is 16.0. The Bertz CT molecular complexity index is 1440. The molecule has 5 rings (SSSR count). The number of hydrogen-bond donors (Lipinski definition) is 3. The van der Waals surface area contributed by atoms with Crippen LogP contribution in [0.2, 0.25) is 0 Å². The molecule has 2 heterocycles. The second-order valence-corrected chi connectivity index (χ2v) is 7.60. The molecule has 1 amide bonds. The minimum absolute atomic E-state index is 0.193. The molecule has 0 bridgehead atoms. The zero-order valence-corrected chi connectivity index (χ0v) is 16.0. The monoisotopic (exact) mass is 399 g/mol. The maximum Gasteiger partial charge on any atom is 0.417 e. The number of carbonyl (C=O) groups excluding carboxylic acids is 1. The number of hydrogen-bond acceptors (Lipinski definition) is 6. The van der Waals surface area contributed by atoms with Gasteiger partial charge in [0.2, 0.25) is 5.91 Å². The van der Waals surface area contributed by atoms with Crippen molar-refractivity contribution in [1.82, 2.24) is 9.97 Å². The Balaban J connectivity index is 1.55. The third kappa shape index (κ3) is 2.97. The van der Waals surface area contributed by atoms with Gasteiger partial charge in [0.1, 0.15) is 5.82 Å². The van der Waals surface area contributed by atoms with Crippen molar-refractivity contribution in [2.24, 2.45) is 11.8 Å². The molecule has 1 aliphatic carbocycles. The molecule has 0 saturated heterocycles. The van der Waals surface area contributed by atoms with Crippen LogP contribution in [0.5, 0.6) is 0 Å². The van der Waals surface area contributed by atoms with Crippen LogP contribution < -0.4 is 16.8 Å². The number of carbonyl (C=O) groups is 1. The van der Waals surface area contributed by atoms with Crippen molar-refractivity contribution in [2.75, 3.05) is 11.1 Å². The van der Waals surface area contributed by atoms with Crippen molar-refractivity contribution in [3.05, 3.63) is 52.6 Å². The van der Waals surface area contributed by atoms with Gasteiger partial charge in [0, 0.05) is 17.3 Å². The molecule has 0 radical (unpaired) electrons. The van der Waals surface area contributed by atoms with E-state index in [0.29, 0.717) is 29.0 Å². The summed E-state index contributed by atoms with van der Waals surface area (Å²) in [5, 5.41) is 13.3. The zero-order chi connectivity index (χ0) is 21.0. The van der Waals surface area contributed by atoms with Gasteiger partial charge in [-0.05, 0) is 65.8 Å². The van der Waals surface area contributed by atoms with Crippen LogP contribution >= 0.6 is 0 Å². The van der Waals surface area contributed by atoms with Crippen LogP contribution in [0.4, 0.5) is 11.5 Å². The van der Waals surface area contributed by atoms with Gasteiger partial charge in [0.15, 0.2) is 5.58 Å². The standard InChI is InChI=1S/C22H17N5O3/c1-10-2-18-19(30-22(29)26-18)7-14(10)11-3-12-6-20(25-9-16(12)17(24)5-11)27-21(28)15-4-13(15)8-23/h2-3,5-7,9,13,15H,4,24H2,1H3,(H,26,29)(H,25,27,28)/t13-,15+/m1/s1. The van der Waals surface area contributed by atoms with Crippen LogP contribution in [0.1, 0.15) is 12.0 Å². The van der Waals surface area contributed by atoms with E-state index in [-0.39, 0.29) is 17.7 Å². The van der Waals surface area contributed by atoms with Gasteiger partial charge < -0.3 is 15.5 Å². The van der Waals surface area contributed by atoms with Gasteiger partial charge in [-0.2, -0.15) is 5.26 Å². The Morgan fingerprint density at radius 3 is 2.93 bits per heavy atom. The molecule has 8 heteroatoms. The number of nitrogens with two attached hydrogens (primary N) is 1. The van der Waals surface area contributed by atoms with Gasteiger partial charge in [0.25, 0.3) is 0 Å². The van der Waals surface area contributed by atoms with Gasteiger partial charge >= 0.3 is 5.76 Å². The van der Waals surface area contributed by atoms with Crippen LogP contribution in [0.25, 0.3) is 33.0 Å². The fraction of sp³-hybridized carbons (Fsp3) is 0.182. The average Bonchev–Trinajstić information content (AvgIpc) is 3.41. The van der Waals surface area contributed by atoms with Crippen molar-refractivity contribution in [3.8, 4) is 17.2 Å².